The number of rotatable bonds is 2. The number of fused-ring (bicyclic) bond motifs is 1. The third kappa shape index (κ3) is 0.794. The lowest BCUT2D eigenvalue weighted by atomic mass is 10.4. The number of aromatic nitrogens is 1. The number of aryl methyl sites for hydroxylation is 1. The summed E-state index contributed by atoms with van der Waals surface area (Å²) in [5.74, 6) is 0. The van der Waals surface area contributed by atoms with Crippen molar-refractivity contribution in [2.75, 3.05) is 0 Å². The first kappa shape index (κ1) is 7.16. The molecule has 0 aliphatic rings. The number of hydrogen-bond acceptors (Lipinski definition) is 2. The molecule has 0 spiro atoms. The van der Waals surface area contributed by atoms with E-state index in [-0.39, 0.29) is 0 Å². The number of aldehydes is 1. The highest BCUT2D eigenvalue weighted by molar-refractivity contribution is 5.85. The fourth-order valence-electron chi connectivity index (χ4n) is 1.42. The molecule has 2 aromatic rings. The molecule has 0 atom stereocenters. The molecule has 0 amide bonds. The predicted octanol–water partition coefficient (Wildman–Crippen LogP) is 2.07. The smallest absolute Gasteiger partial charge is 0.207 e. The molecular formula is C9H9NO2. The number of furan rings is 1. The van der Waals surface area contributed by atoms with Crippen LogP contribution in [0.25, 0.3) is 11.1 Å². The first-order chi connectivity index (χ1) is 5.86. The lowest BCUT2D eigenvalue weighted by molar-refractivity contribution is 0.111. The van der Waals surface area contributed by atoms with Gasteiger partial charge in [0.15, 0.2) is 6.29 Å². The topological polar surface area (TPSA) is 35.1 Å². The molecule has 0 unspecified atom stereocenters. The van der Waals surface area contributed by atoms with E-state index in [0.29, 0.717) is 5.69 Å². The van der Waals surface area contributed by atoms with Crippen molar-refractivity contribution in [2.24, 2.45) is 0 Å². The Kier molecular flexibility index (Phi) is 1.50. The van der Waals surface area contributed by atoms with Crippen LogP contribution in [0.15, 0.2) is 22.8 Å². The van der Waals surface area contributed by atoms with Gasteiger partial charge in [0.05, 0.1) is 12.0 Å². The minimum Gasteiger partial charge on any atom is -0.448 e. The van der Waals surface area contributed by atoms with Crippen molar-refractivity contribution < 1.29 is 9.21 Å². The van der Waals surface area contributed by atoms with Crippen LogP contribution < -0.4 is 0 Å². The van der Waals surface area contributed by atoms with Gasteiger partial charge in [0.1, 0.15) is 0 Å². The fourth-order valence-corrected chi connectivity index (χ4v) is 1.42. The lowest BCUT2D eigenvalue weighted by Gasteiger charge is -1.98. The minimum absolute atomic E-state index is 0.673. The maximum Gasteiger partial charge on any atom is 0.207 e. The second kappa shape index (κ2) is 2.52. The maximum absolute atomic E-state index is 10.6. The highest BCUT2D eigenvalue weighted by atomic mass is 16.3. The van der Waals surface area contributed by atoms with E-state index in [9.17, 15) is 4.79 Å². The zero-order valence-corrected chi connectivity index (χ0v) is 6.78. The first-order valence-corrected chi connectivity index (χ1v) is 3.88. The Labute approximate surface area is 69.6 Å². The molecule has 0 fully saturated rings. The van der Waals surface area contributed by atoms with Gasteiger partial charge in [-0.2, -0.15) is 0 Å². The zero-order chi connectivity index (χ0) is 8.55. The van der Waals surface area contributed by atoms with E-state index in [1.165, 1.54) is 0 Å². The predicted molar refractivity (Wildman–Crippen MR) is 45.3 cm³/mol. The minimum atomic E-state index is 0.673. The van der Waals surface area contributed by atoms with E-state index < -0.39 is 0 Å². The van der Waals surface area contributed by atoms with Crippen molar-refractivity contribution in [3.63, 3.8) is 0 Å². The number of hydrogen-bond donors (Lipinski definition) is 0. The van der Waals surface area contributed by atoms with E-state index in [4.69, 9.17) is 4.42 Å². The van der Waals surface area contributed by atoms with Crippen molar-refractivity contribution in [3.05, 3.63) is 24.1 Å². The monoisotopic (exact) mass is 163 g/mol. The molecular weight excluding hydrogens is 154 g/mol. The second-order valence-corrected chi connectivity index (χ2v) is 2.61. The van der Waals surface area contributed by atoms with Crippen LogP contribution in [0.4, 0.5) is 0 Å². The molecule has 2 rings (SSSR count). The van der Waals surface area contributed by atoms with Gasteiger partial charge in [0.2, 0.25) is 5.71 Å². The van der Waals surface area contributed by atoms with Gasteiger partial charge in [-0.1, -0.05) is 0 Å². The van der Waals surface area contributed by atoms with Crippen molar-refractivity contribution >= 4 is 17.4 Å². The van der Waals surface area contributed by atoms with Gasteiger partial charge in [-0.05, 0) is 19.1 Å². The average molecular weight is 163 g/mol. The molecule has 2 aromatic heterocycles. The van der Waals surface area contributed by atoms with E-state index >= 15 is 0 Å². The molecule has 12 heavy (non-hydrogen) atoms. The average Bonchev–Trinajstić information content (AvgIpc) is 2.61. The number of carbonyl (C=O) groups excluding carboxylic acids is 1. The molecule has 0 saturated carbocycles. The SMILES string of the molecule is CCn1c(C=O)cc2ccoc21. The van der Waals surface area contributed by atoms with Crippen molar-refractivity contribution in [3.8, 4) is 0 Å². The van der Waals surface area contributed by atoms with Crippen LogP contribution in [0, 0.1) is 0 Å². The molecule has 3 nitrogen and oxygen atoms in total. The molecule has 2 heterocycles. The van der Waals surface area contributed by atoms with Crippen LogP contribution in [-0.2, 0) is 6.54 Å². The first-order valence-electron chi connectivity index (χ1n) is 3.88. The Hall–Kier alpha value is -1.51. The molecule has 0 saturated heterocycles. The molecule has 62 valence electrons. The lowest BCUT2D eigenvalue weighted by Crippen LogP contribution is -1.97. The van der Waals surface area contributed by atoms with E-state index in [2.05, 4.69) is 0 Å². The van der Waals surface area contributed by atoms with Gasteiger partial charge in [-0.15, -0.1) is 0 Å². The molecule has 0 radical (unpaired) electrons. The van der Waals surface area contributed by atoms with Gasteiger partial charge in [-0.25, -0.2) is 0 Å². The Morgan fingerprint density at radius 3 is 3.17 bits per heavy atom. The third-order valence-electron chi connectivity index (χ3n) is 1.97. The summed E-state index contributed by atoms with van der Waals surface area (Å²) in [6, 6.07) is 3.68. The van der Waals surface area contributed by atoms with Gasteiger partial charge >= 0.3 is 0 Å². The summed E-state index contributed by atoms with van der Waals surface area (Å²) in [6.45, 7) is 2.74. The van der Waals surface area contributed by atoms with E-state index in [1.54, 1.807) is 6.26 Å². The molecule has 0 aromatic carbocycles. The van der Waals surface area contributed by atoms with Gasteiger partial charge in [0, 0.05) is 11.9 Å². The Morgan fingerprint density at radius 1 is 1.67 bits per heavy atom. The molecule has 0 N–H and O–H groups in total. The summed E-state index contributed by atoms with van der Waals surface area (Å²) in [6.07, 6.45) is 2.48. The van der Waals surface area contributed by atoms with Crippen LogP contribution >= 0.6 is 0 Å². The third-order valence-corrected chi connectivity index (χ3v) is 1.97. The Bertz CT molecular complexity index is 411. The highest BCUT2D eigenvalue weighted by Gasteiger charge is 2.08. The van der Waals surface area contributed by atoms with Crippen molar-refractivity contribution in [2.45, 2.75) is 13.5 Å². The molecule has 3 heteroatoms. The Morgan fingerprint density at radius 2 is 2.50 bits per heavy atom. The van der Waals surface area contributed by atoms with Crippen LogP contribution in [0.1, 0.15) is 17.4 Å². The summed E-state index contributed by atoms with van der Waals surface area (Å²) >= 11 is 0. The van der Waals surface area contributed by atoms with E-state index in [0.717, 1.165) is 23.9 Å². The van der Waals surface area contributed by atoms with Crippen molar-refractivity contribution in [1.82, 2.24) is 4.57 Å². The van der Waals surface area contributed by atoms with Crippen molar-refractivity contribution in [1.29, 1.82) is 0 Å². The van der Waals surface area contributed by atoms with Crippen LogP contribution in [0.3, 0.4) is 0 Å². The van der Waals surface area contributed by atoms with Gasteiger partial charge in [0.25, 0.3) is 0 Å². The molecule has 0 aliphatic carbocycles. The van der Waals surface area contributed by atoms with Gasteiger partial charge < -0.3 is 8.98 Å². The normalized spacial score (nSPS) is 10.8. The van der Waals surface area contributed by atoms with Crippen LogP contribution in [0.5, 0.6) is 0 Å². The summed E-state index contributed by atoms with van der Waals surface area (Å²) in [7, 11) is 0. The van der Waals surface area contributed by atoms with Crippen LogP contribution in [0.2, 0.25) is 0 Å². The largest absolute Gasteiger partial charge is 0.448 e. The fraction of sp³-hybridized carbons (Fsp3) is 0.222. The molecule has 0 aliphatic heterocycles. The standard InChI is InChI=1S/C9H9NO2/c1-2-10-8(6-11)5-7-3-4-12-9(7)10/h3-6H,2H2,1H3. The number of carbonyl (C=O) groups is 1. The summed E-state index contributed by atoms with van der Waals surface area (Å²) in [5.41, 5.74) is 1.45. The zero-order valence-electron chi connectivity index (χ0n) is 6.78. The summed E-state index contributed by atoms with van der Waals surface area (Å²) in [4.78, 5) is 10.6. The highest BCUT2D eigenvalue weighted by Crippen LogP contribution is 2.19. The summed E-state index contributed by atoms with van der Waals surface area (Å²) < 4.78 is 7.08. The summed E-state index contributed by atoms with van der Waals surface area (Å²) in [5, 5.41) is 0.985. The van der Waals surface area contributed by atoms with Crippen LogP contribution in [-0.4, -0.2) is 10.9 Å². The quantitative estimate of drug-likeness (QED) is 0.635. The van der Waals surface area contributed by atoms with Gasteiger partial charge in [-0.3, -0.25) is 4.79 Å². The number of nitrogens with zero attached hydrogens (tertiary/aromatic N) is 1. The second-order valence-electron chi connectivity index (χ2n) is 2.61. The van der Waals surface area contributed by atoms with E-state index in [1.807, 2.05) is 23.6 Å². The molecule has 0 bridgehead atoms. The maximum atomic E-state index is 10.6. The Balaban J connectivity index is 2.78.